The molecule has 0 aromatic carbocycles. The summed E-state index contributed by atoms with van der Waals surface area (Å²) in [6, 6.07) is -4.36. The quantitative estimate of drug-likeness (QED) is 0.00334. The molecule has 0 radical (unpaired) electrons. The summed E-state index contributed by atoms with van der Waals surface area (Å²) >= 11 is -0.588. The van der Waals surface area contributed by atoms with E-state index in [0.29, 0.717) is 34.5 Å². The third-order valence-electron chi connectivity index (χ3n) is 9.65. The Morgan fingerprint density at radius 2 is 0.886 bits per heavy atom. The van der Waals surface area contributed by atoms with Crippen LogP contribution in [0.5, 0.6) is 0 Å². The van der Waals surface area contributed by atoms with Crippen LogP contribution >= 0.6 is 75.5 Å². The number of amides is 8. The van der Waals surface area contributed by atoms with E-state index in [2.05, 4.69) is 96.7 Å². The Hall–Kier alpha value is -2.79. The van der Waals surface area contributed by atoms with Crippen LogP contribution in [0.4, 0.5) is 0 Å². The van der Waals surface area contributed by atoms with E-state index >= 15 is 0 Å². The van der Waals surface area contributed by atoms with E-state index in [1.54, 1.807) is 11.8 Å². The van der Waals surface area contributed by atoms with Crippen LogP contribution in [0.2, 0.25) is 0 Å². The van der Waals surface area contributed by atoms with Crippen molar-refractivity contribution in [3.8, 4) is 0 Å². The molecule has 0 aliphatic carbocycles. The Labute approximate surface area is 673 Å². The van der Waals surface area contributed by atoms with Crippen LogP contribution in [-0.2, 0) is 62.3 Å². The average Bonchev–Trinajstić information content (AvgIpc) is 1.93. The van der Waals surface area contributed by atoms with Gasteiger partial charge in [-0.15, -0.1) is 19.7 Å². The van der Waals surface area contributed by atoms with Crippen LogP contribution in [0, 0.1) is 0 Å². The van der Waals surface area contributed by atoms with Gasteiger partial charge in [-0.25, -0.2) is 0 Å². The summed E-state index contributed by atoms with van der Waals surface area (Å²) in [6.07, 6.45) is 1.61. The van der Waals surface area contributed by atoms with Crippen LogP contribution in [-0.4, -0.2) is 255 Å². The van der Waals surface area contributed by atoms with Crippen molar-refractivity contribution in [2.45, 2.75) is 185 Å². The van der Waals surface area contributed by atoms with Crippen molar-refractivity contribution in [2.75, 3.05) is 100 Å². The minimum Gasteiger partial charge on any atom is -0.565 e. The molecule has 38 nitrogen and oxygen atoms in total. The van der Waals surface area contributed by atoms with E-state index in [1.807, 2.05) is 105 Å². The number of nitrogens with one attached hydrogen (secondary N) is 8. The zero-order valence-electron chi connectivity index (χ0n) is 63.4. The molecule has 47 heteroatoms. The summed E-state index contributed by atoms with van der Waals surface area (Å²) in [7, 11) is 6.73. The number of aldehydes is 2. The number of hydrogen-bond acceptors (Lipinski definition) is 34. The van der Waals surface area contributed by atoms with Gasteiger partial charge in [0, 0.05) is 117 Å². The number of aliphatic hydroxyl groups excluding tert-OH is 1. The maximum absolute atomic E-state index is 11.7. The van der Waals surface area contributed by atoms with Gasteiger partial charge in [0.1, 0.15) is 68.5 Å². The first-order chi connectivity index (χ1) is 47.2. The van der Waals surface area contributed by atoms with E-state index in [1.165, 1.54) is 0 Å². The van der Waals surface area contributed by atoms with Crippen LogP contribution in [0.3, 0.4) is 0 Å². The molecule has 1 aliphatic heterocycles. The first-order valence-electron chi connectivity index (χ1n) is 31.6. The van der Waals surface area contributed by atoms with Gasteiger partial charge in [-0.1, -0.05) is 84.7 Å². The van der Waals surface area contributed by atoms with Gasteiger partial charge in [0.05, 0.1) is 6.61 Å². The number of aliphatic hydroxyl groups is 1. The second-order valence-corrected chi connectivity index (χ2v) is 39.1. The SMILES string of the molecule is CC(C)(C)NC(=O)C(N)CNC(=O)C(N)CO.CC(C)(C)NC(=O)C(N)CNC(=O)C1NCCS1.CC(C)(C)NC(=O)C(N)CNC(=O)C=O.CC(C)(C)SSCCN.CC(C)(C)SSCCN.NC(=O)C(N)CNC(=O)C=O.NCCS.O=C([O-])CCP(CCC(=O)[OH2+])CCC(=O)[OH2+].[Na+].[O-][I+3]([O-])([O-])[O-]. The molecule has 6 atom stereocenters. The summed E-state index contributed by atoms with van der Waals surface area (Å²) in [5.41, 5.74) is 46.5. The topological polar surface area (TPSA) is 734 Å². The molecule has 105 heavy (non-hydrogen) atoms. The molecular formula is C58H123IN17NaO21PS6+. The molecule has 614 valence electrons. The molecular weight excluding hydrogens is 1640 g/mol. The normalized spacial score (nSPS) is 13.6. The molecule has 6 unspecified atom stereocenters. The first-order valence-corrected chi connectivity index (χ1v) is 43.4. The Morgan fingerprint density at radius 1 is 0.571 bits per heavy atom. The third kappa shape index (κ3) is 105. The van der Waals surface area contributed by atoms with Crippen molar-refractivity contribution >= 4 is 153 Å². The molecule has 1 aliphatic rings. The van der Waals surface area contributed by atoms with Crippen LogP contribution in [0.25, 0.3) is 0 Å². The van der Waals surface area contributed by atoms with E-state index in [0.717, 1.165) is 42.6 Å². The van der Waals surface area contributed by atoms with Crippen molar-refractivity contribution < 1.29 is 146 Å². The molecule has 0 saturated carbocycles. The maximum Gasteiger partial charge on any atom is 1.00 e. The number of thioether (sulfide) groups is 1. The smallest absolute Gasteiger partial charge is 0.565 e. The fourth-order valence-corrected chi connectivity index (χ4v) is 12.6. The van der Waals surface area contributed by atoms with Gasteiger partial charge >= 0.3 is 41.5 Å². The second kappa shape index (κ2) is 69.2. The summed E-state index contributed by atoms with van der Waals surface area (Å²) in [6.45, 7) is 32.5. The summed E-state index contributed by atoms with van der Waals surface area (Å²) in [5, 5.41) is 52.7. The van der Waals surface area contributed by atoms with Gasteiger partial charge in [-0.05, 0) is 87.2 Å². The number of nitrogens with two attached hydrogens (primary N) is 9. The van der Waals surface area contributed by atoms with Gasteiger partial charge in [-0.3, -0.25) is 67.0 Å². The number of halogens is 1. The van der Waals surface area contributed by atoms with Gasteiger partial charge in [0.25, 0.3) is 11.8 Å². The number of rotatable bonds is 33. The van der Waals surface area contributed by atoms with Crippen LogP contribution in [0.15, 0.2) is 0 Å². The van der Waals surface area contributed by atoms with Gasteiger partial charge < -0.3 is 114 Å². The molecule has 1 rings (SSSR count). The minimum atomic E-state index is -5.94. The zero-order valence-corrected chi connectivity index (χ0v) is 73.4. The zero-order chi connectivity index (χ0) is 83.4. The molecule has 1 heterocycles. The van der Waals surface area contributed by atoms with Crippen molar-refractivity contribution in [1.29, 1.82) is 0 Å². The number of carboxylic acid groups (broad SMARTS) is 1. The van der Waals surface area contributed by atoms with Gasteiger partial charge in [0.15, 0.2) is 0 Å². The molecule has 31 N–H and O–H groups in total. The molecule has 0 spiro atoms. The predicted molar refractivity (Wildman–Crippen MR) is 407 cm³/mol. The summed E-state index contributed by atoms with van der Waals surface area (Å²) in [4.78, 5) is 139. The Morgan fingerprint density at radius 3 is 1.13 bits per heavy atom. The van der Waals surface area contributed by atoms with Crippen molar-refractivity contribution in [2.24, 2.45) is 51.6 Å². The first kappa shape index (κ1) is 121. The molecule has 0 aromatic rings. The van der Waals surface area contributed by atoms with Crippen molar-refractivity contribution in [3.05, 3.63) is 0 Å². The second-order valence-electron chi connectivity index (χ2n) is 26.1. The van der Waals surface area contributed by atoms with Crippen molar-refractivity contribution in [1.82, 2.24) is 42.5 Å². The monoisotopic (exact) mass is 1770 g/mol. The predicted octanol–water partition coefficient (Wildman–Crippen LogP) is -16.4. The number of thiol groups is 1. The maximum atomic E-state index is 11.7. The minimum absolute atomic E-state index is 0. The van der Waals surface area contributed by atoms with E-state index < -0.39 is 106 Å². The molecule has 8 amide bonds. The molecule has 1 fully saturated rings. The Bertz CT molecular complexity index is 2370. The molecule has 0 bridgehead atoms. The molecule has 0 aromatic heterocycles. The van der Waals surface area contributed by atoms with E-state index in [4.69, 9.17) is 80.7 Å². The fourth-order valence-electron chi connectivity index (χ4n) is 5.23. The number of aliphatic carboxylic acids is 1. The fraction of sp³-hybridized carbons (Fsp3) is 0.776. The average molecular weight is 1770 g/mol. The summed E-state index contributed by atoms with van der Waals surface area (Å²) in [5.74, 6) is -2.63. The largest absolute Gasteiger partial charge is 1.00 e. The number of carboxylic acids is 1. The van der Waals surface area contributed by atoms with Gasteiger partial charge in [-0.2, -0.15) is 12.6 Å². The molecule has 1 saturated heterocycles. The third-order valence-corrected chi connectivity index (χ3v) is 20.4. The van der Waals surface area contributed by atoms with E-state index in [-0.39, 0.29) is 133 Å². The van der Waals surface area contributed by atoms with Crippen LogP contribution < -0.4 is 163 Å². The number of hydrogen-bond donors (Lipinski definition) is 19. The number of primary amides is 1. The van der Waals surface area contributed by atoms with Gasteiger partial charge in [0.2, 0.25) is 48.0 Å². The number of carbonyl (C=O) groups is 13. The van der Waals surface area contributed by atoms with E-state index in [9.17, 15) is 67.4 Å². The standard InChI is InChI=1S/C11H22N4O2S.C10H22N4O3.C9H17N3O3.C9H15O6P.2C6H15NS2.C5H9N3O3.C2H7NS.IO4.Na/c1-11(2,3)15-8(16)7(12)6-14-9(17)10-13-4-5-18-10;1-10(2,3)14-9(17)6(11)4-13-8(16)7(12)5-15;1-9(2,3)12-8(15)6(10)4-11-7(14)5-13;10-7(11)1-4-16(5-2-8(12)13)6-3-9(14)15;2*1-6(2,3)9-8-5-4-7;6-3(5(7)11)1-8-4(10)2-9;3-1-2-4;2-1(3,4)5;/h7,10,13H,4-6,12H2,1-3H3,(H,14,17)(H,15,16);6-7,15H,4-5,11-12H2,1-3H3,(H,13,16)(H,14,17);5-6H,4,10H2,1-3H3,(H,11,14)(H,12,15);1-6H2,(H,10,11)(H,12,13)(H,14,15);2*4-5,7H2,1-3H3;2-3H,1,6H2,(H2,7,11)(H,8,10);4H,1-3H2;;/q;;;;;;;;-1;+1/p+1. The summed E-state index contributed by atoms with van der Waals surface area (Å²) < 4.78 is 35.2. The Kier molecular flexibility index (Phi) is 79.4. The number of carbonyl (C=O) groups excluding carboxylic acids is 13. The van der Waals surface area contributed by atoms with Crippen LogP contribution in [0.1, 0.15) is 123 Å². The van der Waals surface area contributed by atoms with Crippen molar-refractivity contribution in [3.63, 3.8) is 0 Å². The Balaban J connectivity index is -0.000000145.